The predicted molar refractivity (Wildman–Crippen MR) is 81.8 cm³/mol. The van der Waals surface area contributed by atoms with Crippen molar-refractivity contribution in [2.24, 2.45) is 23.0 Å². The highest BCUT2D eigenvalue weighted by Gasteiger charge is 2.71. The van der Waals surface area contributed by atoms with E-state index in [4.69, 9.17) is 15.2 Å². The number of nitrogens with two attached hydrogens (primary N) is 1. The van der Waals surface area contributed by atoms with Crippen molar-refractivity contribution in [1.29, 1.82) is 0 Å². The molecule has 1 saturated carbocycles. The molecule has 0 aromatic rings. The summed E-state index contributed by atoms with van der Waals surface area (Å²) in [7, 11) is 0. The Labute approximate surface area is 127 Å². The lowest BCUT2D eigenvalue weighted by molar-refractivity contribution is -0.176. The second-order valence-electron chi connectivity index (χ2n) is 7.26. The molecule has 3 N–H and O–H groups in total. The minimum absolute atomic E-state index is 0.00459. The molecule has 1 aliphatic heterocycles. The van der Waals surface area contributed by atoms with Crippen LogP contribution in [-0.4, -0.2) is 43.4 Å². The van der Waals surface area contributed by atoms with Crippen LogP contribution in [0.3, 0.4) is 0 Å². The molecule has 0 bridgehead atoms. The van der Waals surface area contributed by atoms with Crippen LogP contribution >= 0.6 is 0 Å². The monoisotopic (exact) mass is 298 g/mol. The number of carbonyl (C=O) groups is 1. The number of amides is 1. The van der Waals surface area contributed by atoms with Crippen LogP contribution in [0, 0.1) is 17.3 Å². The molecule has 0 spiro atoms. The highest BCUT2D eigenvalue weighted by molar-refractivity contribution is 5.89. The average Bonchev–Trinajstić information content (AvgIpc) is 2.90. The van der Waals surface area contributed by atoms with Crippen LogP contribution in [0.5, 0.6) is 0 Å². The summed E-state index contributed by atoms with van der Waals surface area (Å²) in [5, 5.41) is 3.12. The number of rotatable bonds is 6. The minimum Gasteiger partial charge on any atom is -0.380 e. The van der Waals surface area contributed by atoms with Gasteiger partial charge in [-0.3, -0.25) is 4.79 Å². The molecule has 2 fully saturated rings. The van der Waals surface area contributed by atoms with Crippen LogP contribution in [0.25, 0.3) is 0 Å². The zero-order valence-electron chi connectivity index (χ0n) is 13.9. The molecule has 0 radical (unpaired) electrons. The van der Waals surface area contributed by atoms with E-state index in [0.29, 0.717) is 25.7 Å². The maximum absolute atomic E-state index is 12.8. The molecule has 4 atom stereocenters. The molecule has 1 heterocycles. The smallest absolute Gasteiger partial charge is 0.241 e. The zero-order valence-corrected chi connectivity index (χ0v) is 13.9. The van der Waals surface area contributed by atoms with E-state index in [1.54, 1.807) is 0 Å². The molecule has 5 nitrogen and oxygen atoms in total. The Kier molecular flexibility index (Phi) is 4.66. The summed E-state index contributed by atoms with van der Waals surface area (Å²) in [6, 6.07) is -0.00459. The molecule has 0 aromatic heterocycles. The summed E-state index contributed by atoms with van der Waals surface area (Å²) >= 11 is 0. The molecule has 21 heavy (non-hydrogen) atoms. The van der Waals surface area contributed by atoms with E-state index in [-0.39, 0.29) is 29.4 Å². The van der Waals surface area contributed by atoms with E-state index in [1.807, 2.05) is 20.8 Å². The summed E-state index contributed by atoms with van der Waals surface area (Å²) in [6.07, 6.45) is 0.980. The Hall–Kier alpha value is -0.650. The Morgan fingerprint density at radius 1 is 1.48 bits per heavy atom. The number of carbonyl (C=O) groups excluding carboxylic acids is 1. The first-order chi connectivity index (χ1) is 9.76. The molecule has 0 aromatic carbocycles. The number of fused-ring (bicyclic) bond motifs is 1. The Balaban J connectivity index is 2.08. The lowest BCUT2D eigenvalue weighted by atomic mass is 9.48. The van der Waals surface area contributed by atoms with E-state index in [1.165, 1.54) is 0 Å². The van der Waals surface area contributed by atoms with Gasteiger partial charge in [0.1, 0.15) is 5.54 Å². The topological polar surface area (TPSA) is 73.6 Å². The Morgan fingerprint density at radius 2 is 2.14 bits per heavy atom. The van der Waals surface area contributed by atoms with Crippen molar-refractivity contribution in [3.8, 4) is 0 Å². The van der Waals surface area contributed by atoms with Crippen LogP contribution in [-0.2, 0) is 14.3 Å². The number of ether oxygens (including phenoxy) is 2. The van der Waals surface area contributed by atoms with Gasteiger partial charge in [0, 0.05) is 24.5 Å². The Morgan fingerprint density at radius 3 is 2.71 bits per heavy atom. The minimum atomic E-state index is -0.840. The third kappa shape index (κ3) is 2.49. The maximum atomic E-state index is 12.8. The van der Waals surface area contributed by atoms with Gasteiger partial charge in [0.25, 0.3) is 0 Å². The molecule has 1 amide bonds. The second kappa shape index (κ2) is 5.86. The van der Waals surface area contributed by atoms with E-state index >= 15 is 0 Å². The van der Waals surface area contributed by atoms with E-state index in [0.717, 1.165) is 6.42 Å². The van der Waals surface area contributed by atoms with E-state index in [9.17, 15) is 4.79 Å². The molecule has 2 aliphatic rings. The largest absolute Gasteiger partial charge is 0.380 e. The summed E-state index contributed by atoms with van der Waals surface area (Å²) in [5.74, 6) is 0.382. The predicted octanol–water partition coefficient (Wildman–Crippen LogP) is 1.31. The Bertz CT molecular complexity index is 397. The van der Waals surface area contributed by atoms with Gasteiger partial charge >= 0.3 is 0 Å². The van der Waals surface area contributed by atoms with Crippen LogP contribution in [0.4, 0.5) is 0 Å². The van der Waals surface area contributed by atoms with Crippen LogP contribution in [0.15, 0.2) is 0 Å². The van der Waals surface area contributed by atoms with Gasteiger partial charge in [-0.15, -0.1) is 0 Å². The summed E-state index contributed by atoms with van der Waals surface area (Å²) in [6.45, 7) is 12.1. The first-order valence-electron chi connectivity index (χ1n) is 8.06. The van der Waals surface area contributed by atoms with Gasteiger partial charge in [-0.05, 0) is 19.3 Å². The highest BCUT2D eigenvalue weighted by atomic mass is 16.5. The van der Waals surface area contributed by atoms with Crippen molar-refractivity contribution in [3.63, 3.8) is 0 Å². The van der Waals surface area contributed by atoms with Gasteiger partial charge in [-0.2, -0.15) is 0 Å². The summed E-state index contributed by atoms with van der Waals surface area (Å²) in [4.78, 5) is 12.8. The van der Waals surface area contributed by atoms with Crippen molar-refractivity contribution >= 4 is 5.91 Å². The molecule has 1 aliphatic carbocycles. The standard InChI is InChI=1S/C16H30N2O3/c1-6-20-9-12(10(2)3)18-14(19)16(17)11-7-8-21-13(11)15(16,4)5/h10-13H,6-9,17H2,1-5H3,(H,18,19). The van der Waals surface area contributed by atoms with Crippen molar-refractivity contribution < 1.29 is 14.3 Å². The molecule has 122 valence electrons. The second-order valence-corrected chi connectivity index (χ2v) is 7.26. The lowest BCUT2D eigenvalue weighted by Crippen LogP contribution is -2.80. The SMILES string of the molecule is CCOCC(NC(=O)C1(N)C2CCOC2C1(C)C)C(C)C. The molecule has 1 saturated heterocycles. The van der Waals surface area contributed by atoms with E-state index < -0.39 is 5.54 Å². The normalized spacial score (nSPS) is 35.2. The van der Waals surface area contributed by atoms with Gasteiger partial charge < -0.3 is 20.5 Å². The number of hydrogen-bond donors (Lipinski definition) is 2. The molecule has 5 heteroatoms. The fourth-order valence-corrected chi connectivity index (χ4v) is 3.78. The highest BCUT2D eigenvalue weighted by Crippen LogP contribution is 2.58. The maximum Gasteiger partial charge on any atom is 0.241 e. The molecular formula is C16H30N2O3. The van der Waals surface area contributed by atoms with Crippen molar-refractivity contribution in [3.05, 3.63) is 0 Å². The first kappa shape index (κ1) is 16.7. The zero-order chi connectivity index (χ0) is 15.8. The summed E-state index contributed by atoms with van der Waals surface area (Å²) in [5.41, 5.74) is 5.39. The third-order valence-electron chi connectivity index (χ3n) is 5.45. The third-order valence-corrected chi connectivity index (χ3v) is 5.45. The van der Waals surface area contributed by atoms with Gasteiger partial charge in [-0.1, -0.05) is 27.7 Å². The van der Waals surface area contributed by atoms with Crippen molar-refractivity contribution in [1.82, 2.24) is 5.32 Å². The molecule has 4 unspecified atom stereocenters. The quantitative estimate of drug-likeness (QED) is 0.775. The molecular weight excluding hydrogens is 268 g/mol. The van der Waals surface area contributed by atoms with Gasteiger partial charge in [0.2, 0.25) is 5.91 Å². The lowest BCUT2D eigenvalue weighted by Gasteiger charge is -2.60. The van der Waals surface area contributed by atoms with Gasteiger partial charge in [0.05, 0.1) is 18.8 Å². The molecule has 2 rings (SSSR count). The fourth-order valence-electron chi connectivity index (χ4n) is 3.78. The fraction of sp³-hybridized carbons (Fsp3) is 0.938. The van der Waals surface area contributed by atoms with E-state index in [2.05, 4.69) is 19.2 Å². The van der Waals surface area contributed by atoms with Crippen LogP contribution in [0.2, 0.25) is 0 Å². The van der Waals surface area contributed by atoms with Crippen molar-refractivity contribution in [2.75, 3.05) is 19.8 Å². The van der Waals surface area contributed by atoms with Gasteiger partial charge in [-0.25, -0.2) is 0 Å². The first-order valence-corrected chi connectivity index (χ1v) is 8.06. The number of hydrogen-bond acceptors (Lipinski definition) is 4. The van der Waals surface area contributed by atoms with Crippen LogP contribution < -0.4 is 11.1 Å². The van der Waals surface area contributed by atoms with Crippen molar-refractivity contribution in [2.45, 2.75) is 58.7 Å². The summed E-state index contributed by atoms with van der Waals surface area (Å²) < 4.78 is 11.2. The average molecular weight is 298 g/mol. The number of nitrogens with one attached hydrogen (secondary N) is 1. The van der Waals surface area contributed by atoms with Gasteiger partial charge in [0.15, 0.2) is 0 Å². The van der Waals surface area contributed by atoms with Crippen LogP contribution in [0.1, 0.15) is 41.0 Å².